The van der Waals surface area contributed by atoms with Gasteiger partial charge < -0.3 is 9.84 Å². The number of carbonyl (C=O) groups excluding carboxylic acids is 1. The number of carboxylic acid groups (broad SMARTS) is 1. The second kappa shape index (κ2) is 6.07. The predicted molar refractivity (Wildman–Crippen MR) is 35.6 cm³/mol. The molecule has 0 saturated heterocycles. The van der Waals surface area contributed by atoms with Crippen LogP contribution >= 0.6 is 0 Å². The second-order valence-corrected chi connectivity index (χ2v) is 1.41. The Hall–Kier alpha value is -1.06. The lowest BCUT2D eigenvalue weighted by Crippen LogP contribution is -2.11. The first-order valence-corrected chi connectivity index (χ1v) is 2.54. The van der Waals surface area contributed by atoms with E-state index in [2.05, 4.69) is 4.74 Å². The SMILES string of the molecule is C.CCC(=O)OCC(=O)O. The maximum atomic E-state index is 10.2. The summed E-state index contributed by atoms with van der Waals surface area (Å²) in [6, 6.07) is 0. The van der Waals surface area contributed by atoms with Crippen molar-refractivity contribution in [3.8, 4) is 0 Å². The minimum Gasteiger partial charge on any atom is -0.479 e. The van der Waals surface area contributed by atoms with E-state index in [-0.39, 0.29) is 13.8 Å². The fourth-order valence-electron chi connectivity index (χ4n) is 0.244. The number of esters is 1. The molecule has 1 N–H and O–H groups in total. The van der Waals surface area contributed by atoms with Gasteiger partial charge in [0, 0.05) is 6.42 Å². The summed E-state index contributed by atoms with van der Waals surface area (Å²) in [7, 11) is 0. The first kappa shape index (κ1) is 11.7. The summed E-state index contributed by atoms with van der Waals surface area (Å²) >= 11 is 0. The van der Waals surface area contributed by atoms with Gasteiger partial charge in [-0.25, -0.2) is 4.79 Å². The van der Waals surface area contributed by atoms with Crippen molar-refractivity contribution in [2.24, 2.45) is 0 Å². The third-order valence-corrected chi connectivity index (χ3v) is 0.645. The van der Waals surface area contributed by atoms with E-state index in [9.17, 15) is 9.59 Å². The number of carbonyl (C=O) groups is 2. The molecule has 0 aliphatic carbocycles. The monoisotopic (exact) mass is 148 g/mol. The average Bonchev–Trinajstić information content (AvgIpc) is 1.83. The molecule has 60 valence electrons. The molecule has 0 bridgehead atoms. The highest BCUT2D eigenvalue weighted by atomic mass is 16.5. The first-order valence-electron chi connectivity index (χ1n) is 2.54. The van der Waals surface area contributed by atoms with Crippen LogP contribution in [0.3, 0.4) is 0 Å². The van der Waals surface area contributed by atoms with Gasteiger partial charge in [-0.15, -0.1) is 0 Å². The van der Waals surface area contributed by atoms with Crippen molar-refractivity contribution in [3.63, 3.8) is 0 Å². The van der Waals surface area contributed by atoms with Crippen LogP contribution in [0, 0.1) is 0 Å². The highest BCUT2D eigenvalue weighted by Crippen LogP contribution is 1.82. The van der Waals surface area contributed by atoms with Crippen molar-refractivity contribution >= 4 is 11.9 Å². The molecule has 4 nitrogen and oxygen atoms in total. The number of ether oxygens (including phenoxy) is 1. The molecule has 4 heteroatoms. The van der Waals surface area contributed by atoms with E-state index in [1.807, 2.05) is 0 Å². The van der Waals surface area contributed by atoms with Crippen molar-refractivity contribution < 1.29 is 19.4 Å². The topological polar surface area (TPSA) is 63.6 Å². The maximum Gasteiger partial charge on any atom is 0.341 e. The number of hydrogen-bond donors (Lipinski definition) is 1. The van der Waals surface area contributed by atoms with Gasteiger partial charge in [0.05, 0.1) is 0 Å². The molecule has 0 aromatic carbocycles. The van der Waals surface area contributed by atoms with Crippen molar-refractivity contribution in [1.29, 1.82) is 0 Å². The number of rotatable bonds is 3. The number of hydrogen-bond acceptors (Lipinski definition) is 3. The Morgan fingerprint density at radius 1 is 1.50 bits per heavy atom. The molecule has 0 aromatic rings. The summed E-state index contributed by atoms with van der Waals surface area (Å²) in [6.07, 6.45) is 0.216. The van der Waals surface area contributed by atoms with E-state index in [0.29, 0.717) is 0 Å². The van der Waals surface area contributed by atoms with Crippen molar-refractivity contribution in [2.75, 3.05) is 6.61 Å². The Morgan fingerprint density at radius 2 is 2.00 bits per heavy atom. The van der Waals surface area contributed by atoms with Gasteiger partial charge in [-0.1, -0.05) is 14.4 Å². The third kappa shape index (κ3) is 6.94. The van der Waals surface area contributed by atoms with Gasteiger partial charge >= 0.3 is 11.9 Å². The van der Waals surface area contributed by atoms with Crippen LogP contribution in [0.1, 0.15) is 20.8 Å². The molecule has 0 aliphatic heterocycles. The summed E-state index contributed by atoms with van der Waals surface area (Å²) in [5.74, 6) is -1.62. The molecule has 0 unspecified atom stereocenters. The van der Waals surface area contributed by atoms with Gasteiger partial charge in [-0.3, -0.25) is 4.79 Å². The van der Waals surface area contributed by atoms with E-state index in [0.717, 1.165) is 0 Å². The quantitative estimate of drug-likeness (QED) is 0.597. The van der Waals surface area contributed by atoms with Gasteiger partial charge in [0.25, 0.3) is 0 Å². The minimum absolute atomic E-state index is 0. The zero-order valence-corrected chi connectivity index (χ0v) is 5.09. The standard InChI is InChI=1S/C5H8O4.CH4/c1-2-5(8)9-3-4(6)7;/h2-3H2,1H3,(H,6,7);1H4. The number of aliphatic carboxylic acids is 1. The third-order valence-electron chi connectivity index (χ3n) is 0.645. The van der Waals surface area contributed by atoms with Crippen molar-refractivity contribution in [1.82, 2.24) is 0 Å². The highest BCUT2D eigenvalue weighted by Gasteiger charge is 2.00. The molecular weight excluding hydrogens is 136 g/mol. The average molecular weight is 148 g/mol. The van der Waals surface area contributed by atoms with Gasteiger partial charge in [0.1, 0.15) is 0 Å². The Labute approximate surface area is 59.8 Å². The van der Waals surface area contributed by atoms with Gasteiger partial charge in [-0.05, 0) is 0 Å². The Bertz CT molecular complexity index is 119. The van der Waals surface area contributed by atoms with E-state index in [4.69, 9.17) is 5.11 Å². The summed E-state index contributed by atoms with van der Waals surface area (Å²) in [4.78, 5) is 20.0. The summed E-state index contributed by atoms with van der Waals surface area (Å²) in [6.45, 7) is 1.07. The molecule has 0 amide bonds. The van der Waals surface area contributed by atoms with E-state index < -0.39 is 18.5 Å². The molecule has 10 heavy (non-hydrogen) atoms. The van der Waals surface area contributed by atoms with Gasteiger partial charge in [0.15, 0.2) is 6.61 Å². The Kier molecular flexibility index (Phi) is 7.10. The fraction of sp³-hybridized carbons (Fsp3) is 0.667. The molecular formula is C6H12O4. The van der Waals surface area contributed by atoms with E-state index >= 15 is 0 Å². The first-order chi connectivity index (χ1) is 4.16. The van der Waals surface area contributed by atoms with E-state index in [1.54, 1.807) is 6.92 Å². The van der Waals surface area contributed by atoms with Crippen LogP contribution in [0.4, 0.5) is 0 Å². The molecule has 0 atom stereocenters. The lowest BCUT2D eigenvalue weighted by Gasteiger charge is -1.95. The molecule has 0 radical (unpaired) electrons. The van der Waals surface area contributed by atoms with Crippen LogP contribution < -0.4 is 0 Å². The largest absolute Gasteiger partial charge is 0.479 e. The maximum absolute atomic E-state index is 10.2. The molecule has 0 heterocycles. The smallest absolute Gasteiger partial charge is 0.341 e. The van der Waals surface area contributed by atoms with E-state index in [1.165, 1.54) is 0 Å². The Morgan fingerprint density at radius 3 is 2.30 bits per heavy atom. The molecule has 0 aromatic heterocycles. The summed E-state index contributed by atoms with van der Waals surface area (Å²) in [5.41, 5.74) is 0. The summed E-state index contributed by atoms with van der Waals surface area (Å²) in [5, 5.41) is 7.98. The fourth-order valence-corrected chi connectivity index (χ4v) is 0.244. The normalized spacial score (nSPS) is 7.70. The van der Waals surface area contributed by atoms with Crippen molar-refractivity contribution in [3.05, 3.63) is 0 Å². The van der Waals surface area contributed by atoms with Crippen LogP contribution in [0.2, 0.25) is 0 Å². The summed E-state index contributed by atoms with van der Waals surface area (Å²) < 4.78 is 4.21. The minimum atomic E-state index is -1.13. The highest BCUT2D eigenvalue weighted by molar-refractivity contribution is 5.74. The van der Waals surface area contributed by atoms with Crippen LogP contribution in [-0.4, -0.2) is 23.7 Å². The predicted octanol–water partition coefficient (Wildman–Crippen LogP) is 0.660. The molecule has 0 fully saturated rings. The Balaban J connectivity index is 0. The molecule has 0 spiro atoms. The molecule has 0 aliphatic rings. The molecule has 0 saturated carbocycles. The molecule has 0 rings (SSSR count). The van der Waals surface area contributed by atoms with Crippen LogP contribution in [0.5, 0.6) is 0 Å². The van der Waals surface area contributed by atoms with Gasteiger partial charge in [-0.2, -0.15) is 0 Å². The zero-order valence-electron chi connectivity index (χ0n) is 5.09. The van der Waals surface area contributed by atoms with Crippen LogP contribution in [0.15, 0.2) is 0 Å². The van der Waals surface area contributed by atoms with Crippen molar-refractivity contribution in [2.45, 2.75) is 20.8 Å². The lowest BCUT2D eigenvalue weighted by atomic mass is 10.5. The zero-order chi connectivity index (χ0) is 7.28. The lowest BCUT2D eigenvalue weighted by molar-refractivity contribution is -0.154. The van der Waals surface area contributed by atoms with Crippen LogP contribution in [0.25, 0.3) is 0 Å². The van der Waals surface area contributed by atoms with Crippen LogP contribution in [-0.2, 0) is 14.3 Å². The number of carboxylic acids is 1. The second-order valence-electron chi connectivity index (χ2n) is 1.41. The van der Waals surface area contributed by atoms with Gasteiger partial charge in [0.2, 0.25) is 0 Å².